The lowest BCUT2D eigenvalue weighted by Gasteiger charge is -2.20. The molecule has 2 rings (SSSR count). The van der Waals surface area contributed by atoms with Crippen LogP contribution in [0.3, 0.4) is 0 Å². The van der Waals surface area contributed by atoms with Crippen molar-refractivity contribution in [2.75, 3.05) is 11.1 Å². The Morgan fingerprint density at radius 2 is 1.83 bits per heavy atom. The van der Waals surface area contributed by atoms with Gasteiger partial charge in [-0.3, -0.25) is 9.89 Å². The first-order chi connectivity index (χ1) is 11.4. The van der Waals surface area contributed by atoms with Gasteiger partial charge in [0.05, 0.1) is 5.75 Å². The molecule has 2 N–H and O–H groups in total. The Morgan fingerprint density at radius 3 is 2.33 bits per heavy atom. The van der Waals surface area contributed by atoms with Crippen LogP contribution in [0.5, 0.6) is 0 Å². The van der Waals surface area contributed by atoms with Gasteiger partial charge in [-0.15, -0.1) is 5.10 Å². The van der Waals surface area contributed by atoms with Gasteiger partial charge in [-0.2, -0.15) is 0 Å². The number of carbonyl (C=O) groups is 1. The summed E-state index contributed by atoms with van der Waals surface area (Å²) in [7, 11) is 0. The van der Waals surface area contributed by atoms with Crippen LogP contribution in [-0.2, 0) is 11.2 Å². The van der Waals surface area contributed by atoms with Gasteiger partial charge < -0.3 is 5.32 Å². The summed E-state index contributed by atoms with van der Waals surface area (Å²) in [6.45, 7) is 10.6. The molecule has 1 aromatic heterocycles. The van der Waals surface area contributed by atoms with Gasteiger partial charge in [0.2, 0.25) is 11.1 Å². The quantitative estimate of drug-likeness (QED) is 0.731. The molecule has 0 saturated heterocycles. The zero-order chi connectivity index (χ0) is 17.7. The number of aromatic nitrogens is 3. The Labute approximate surface area is 148 Å². The van der Waals surface area contributed by atoms with Gasteiger partial charge in [0.15, 0.2) is 0 Å². The molecule has 1 aromatic carbocycles. The topological polar surface area (TPSA) is 70.7 Å². The third-order valence-corrected chi connectivity index (χ3v) is 4.66. The second-order valence-corrected chi connectivity index (χ2v) is 7.32. The Bertz CT molecular complexity index is 668. The number of nitrogens with zero attached hydrogens (tertiary/aromatic N) is 2. The van der Waals surface area contributed by atoms with Crippen molar-refractivity contribution in [1.29, 1.82) is 0 Å². The molecular formula is C18H26N4OS. The first kappa shape index (κ1) is 18.5. The molecule has 6 heteroatoms. The van der Waals surface area contributed by atoms with Crippen molar-refractivity contribution in [2.24, 2.45) is 0 Å². The van der Waals surface area contributed by atoms with Crippen molar-refractivity contribution in [2.45, 2.75) is 58.0 Å². The van der Waals surface area contributed by atoms with Crippen LogP contribution in [0.15, 0.2) is 23.4 Å². The largest absolute Gasteiger partial charge is 0.325 e. The average Bonchev–Trinajstić information content (AvgIpc) is 3.00. The van der Waals surface area contributed by atoms with E-state index in [4.69, 9.17) is 0 Å². The van der Waals surface area contributed by atoms with E-state index in [1.54, 1.807) is 0 Å². The fourth-order valence-corrected chi connectivity index (χ4v) is 3.12. The van der Waals surface area contributed by atoms with Crippen molar-refractivity contribution < 1.29 is 4.79 Å². The molecule has 0 bridgehead atoms. The first-order valence-corrected chi connectivity index (χ1v) is 9.37. The maximum Gasteiger partial charge on any atom is 0.234 e. The lowest BCUT2D eigenvalue weighted by atomic mass is 9.92. The highest BCUT2D eigenvalue weighted by Crippen LogP contribution is 2.32. The number of thioether (sulfide) groups is 1. The maximum absolute atomic E-state index is 12.4. The molecule has 130 valence electrons. The number of H-pyrrole nitrogens is 1. The van der Waals surface area contributed by atoms with Crippen LogP contribution < -0.4 is 5.32 Å². The molecule has 0 unspecified atom stereocenters. The van der Waals surface area contributed by atoms with Crippen LogP contribution in [0, 0.1) is 0 Å². The summed E-state index contributed by atoms with van der Waals surface area (Å²) < 4.78 is 0. The van der Waals surface area contributed by atoms with Crippen LogP contribution in [0.4, 0.5) is 5.69 Å². The maximum atomic E-state index is 12.4. The third-order valence-electron chi connectivity index (χ3n) is 3.82. The van der Waals surface area contributed by atoms with Gasteiger partial charge in [0, 0.05) is 12.1 Å². The van der Waals surface area contributed by atoms with E-state index in [0.29, 0.717) is 22.7 Å². The number of carbonyl (C=O) groups excluding carboxylic acids is 1. The molecule has 5 nitrogen and oxygen atoms in total. The van der Waals surface area contributed by atoms with Gasteiger partial charge in [-0.1, -0.05) is 64.6 Å². The fraction of sp³-hybridized carbons (Fsp3) is 0.500. The zero-order valence-electron chi connectivity index (χ0n) is 15.0. The predicted molar refractivity (Wildman–Crippen MR) is 99.7 cm³/mol. The molecule has 24 heavy (non-hydrogen) atoms. The van der Waals surface area contributed by atoms with Crippen LogP contribution in [0.2, 0.25) is 0 Å². The third kappa shape index (κ3) is 4.60. The van der Waals surface area contributed by atoms with Crippen LogP contribution in [-0.4, -0.2) is 26.8 Å². The molecule has 0 aliphatic carbocycles. The van der Waals surface area contributed by atoms with Gasteiger partial charge >= 0.3 is 0 Å². The van der Waals surface area contributed by atoms with E-state index in [0.717, 1.165) is 17.9 Å². The molecule has 0 radical (unpaired) electrons. The number of nitrogens with one attached hydrogen (secondary N) is 2. The number of hydrogen-bond acceptors (Lipinski definition) is 4. The Kier molecular flexibility index (Phi) is 6.43. The normalized spacial score (nSPS) is 11.3. The van der Waals surface area contributed by atoms with Crippen molar-refractivity contribution in [3.63, 3.8) is 0 Å². The summed E-state index contributed by atoms with van der Waals surface area (Å²) in [6, 6.07) is 6.24. The SMILES string of the molecule is CCc1nc(SCC(=O)Nc2c(C(C)C)cccc2C(C)C)n[nH]1. The second kappa shape index (κ2) is 8.33. The molecule has 1 amide bonds. The first-order valence-electron chi connectivity index (χ1n) is 8.39. The van der Waals surface area contributed by atoms with E-state index in [1.807, 2.05) is 6.92 Å². The highest BCUT2D eigenvalue weighted by molar-refractivity contribution is 7.99. The number of rotatable bonds is 7. The van der Waals surface area contributed by atoms with E-state index in [2.05, 4.69) is 66.4 Å². The minimum Gasteiger partial charge on any atom is -0.325 e. The monoisotopic (exact) mass is 346 g/mol. The molecule has 0 fully saturated rings. The summed E-state index contributed by atoms with van der Waals surface area (Å²) in [5, 5.41) is 10.7. The van der Waals surface area contributed by atoms with Gasteiger partial charge in [-0.05, 0) is 23.0 Å². The molecule has 0 saturated carbocycles. The summed E-state index contributed by atoms with van der Waals surface area (Å²) in [5.74, 6) is 1.81. The number of benzene rings is 1. The summed E-state index contributed by atoms with van der Waals surface area (Å²) in [5.41, 5.74) is 3.30. The number of para-hydroxylation sites is 1. The lowest BCUT2D eigenvalue weighted by Crippen LogP contribution is -2.17. The number of hydrogen-bond donors (Lipinski definition) is 2. The minimum absolute atomic E-state index is 0.0298. The number of amides is 1. The fourth-order valence-electron chi connectivity index (χ4n) is 2.50. The van der Waals surface area contributed by atoms with E-state index in [-0.39, 0.29) is 5.91 Å². The Hall–Kier alpha value is -1.82. The highest BCUT2D eigenvalue weighted by Gasteiger charge is 2.16. The molecule has 0 aliphatic heterocycles. The van der Waals surface area contributed by atoms with Gasteiger partial charge in [-0.25, -0.2) is 4.98 Å². The smallest absolute Gasteiger partial charge is 0.234 e. The molecule has 2 aromatic rings. The number of aryl methyl sites for hydroxylation is 1. The van der Waals surface area contributed by atoms with Crippen LogP contribution >= 0.6 is 11.8 Å². The summed E-state index contributed by atoms with van der Waals surface area (Å²) in [6.07, 6.45) is 0.805. The standard InChI is InChI=1S/C18H26N4OS/c1-6-15-19-18(22-21-15)24-10-16(23)20-17-13(11(2)3)8-7-9-14(17)12(4)5/h7-9,11-12H,6,10H2,1-5H3,(H,20,23)(H,19,21,22). The van der Waals surface area contributed by atoms with E-state index in [9.17, 15) is 4.79 Å². The summed E-state index contributed by atoms with van der Waals surface area (Å²) in [4.78, 5) is 16.7. The van der Waals surface area contributed by atoms with Crippen molar-refractivity contribution in [1.82, 2.24) is 15.2 Å². The predicted octanol–water partition coefficient (Wildman–Crippen LogP) is 4.34. The Morgan fingerprint density at radius 1 is 1.21 bits per heavy atom. The van der Waals surface area contributed by atoms with E-state index in [1.165, 1.54) is 22.9 Å². The Balaban J connectivity index is 2.10. The lowest BCUT2D eigenvalue weighted by molar-refractivity contribution is -0.113. The molecule has 0 spiro atoms. The molecule has 0 atom stereocenters. The zero-order valence-corrected chi connectivity index (χ0v) is 15.8. The van der Waals surface area contributed by atoms with Crippen molar-refractivity contribution in [3.8, 4) is 0 Å². The van der Waals surface area contributed by atoms with E-state index < -0.39 is 0 Å². The van der Waals surface area contributed by atoms with Crippen molar-refractivity contribution >= 4 is 23.4 Å². The summed E-state index contributed by atoms with van der Waals surface area (Å²) >= 11 is 1.35. The van der Waals surface area contributed by atoms with Crippen LogP contribution in [0.1, 0.15) is 63.4 Å². The number of anilines is 1. The number of aromatic amines is 1. The van der Waals surface area contributed by atoms with Crippen molar-refractivity contribution in [3.05, 3.63) is 35.2 Å². The molecule has 1 heterocycles. The van der Waals surface area contributed by atoms with Gasteiger partial charge in [0.25, 0.3) is 0 Å². The highest BCUT2D eigenvalue weighted by atomic mass is 32.2. The second-order valence-electron chi connectivity index (χ2n) is 6.38. The molecular weight excluding hydrogens is 320 g/mol. The average molecular weight is 347 g/mol. The van der Waals surface area contributed by atoms with Crippen LogP contribution in [0.25, 0.3) is 0 Å². The van der Waals surface area contributed by atoms with Gasteiger partial charge in [0.1, 0.15) is 5.82 Å². The molecule has 0 aliphatic rings. The minimum atomic E-state index is -0.0298. The van der Waals surface area contributed by atoms with E-state index >= 15 is 0 Å².